The summed E-state index contributed by atoms with van der Waals surface area (Å²) in [4.78, 5) is 12.1. The molecule has 0 radical (unpaired) electrons. The van der Waals surface area contributed by atoms with Gasteiger partial charge in [-0.2, -0.15) is 0 Å². The fourth-order valence-electron chi connectivity index (χ4n) is 1.98. The highest BCUT2D eigenvalue weighted by molar-refractivity contribution is 6.30. The lowest BCUT2D eigenvalue weighted by Gasteiger charge is -2.10. The molecule has 0 atom stereocenters. The van der Waals surface area contributed by atoms with Crippen molar-refractivity contribution in [3.63, 3.8) is 0 Å². The zero-order valence-electron chi connectivity index (χ0n) is 11.4. The van der Waals surface area contributed by atoms with Crippen molar-refractivity contribution in [2.75, 3.05) is 12.4 Å². The maximum Gasteiger partial charge on any atom is 0.228 e. The number of hydrogen-bond donors (Lipinski definition) is 1. The number of methoxy groups -OCH3 is 1. The zero-order chi connectivity index (χ0) is 14.5. The first-order chi connectivity index (χ1) is 9.60. The lowest BCUT2D eigenvalue weighted by molar-refractivity contribution is -0.115. The number of hydrogen-bond acceptors (Lipinski definition) is 2. The molecule has 0 fully saturated rings. The van der Waals surface area contributed by atoms with Crippen LogP contribution in [-0.4, -0.2) is 13.0 Å². The molecule has 20 heavy (non-hydrogen) atoms. The molecule has 0 bridgehead atoms. The molecule has 0 unspecified atom stereocenters. The monoisotopic (exact) mass is 289 g/mol. The van der Waals surface area contributed by atoms with Crippen LogP contribution in [0.2, 0.25) is 5.02 Å². The highest BCUT2D eigenvalue weighted by atomic mass is 35.5. The first-order valence-electron chi connectivity index (χ1n) is 6.28. The largest absolute Gasteiger partial charge is 0.496 e. The van der Waals surface area contributed by atoms with Crippen molar-refractivity contribution in [1.82, 2.24) is 0 Å². The molecule has 104 valence electrons. The third-order valence-corrected chi connectivity index (χ3v) is 3.24. The van der Waals surface area contributed by atoms with Crippen LogP contribution >= 0.6 is 11.6 Å². The number of halogens is 1. The average Bonchev–Trinajstić information content (AvgIpc) is 2.42. The van der Waals surface area contributed by atoms with Gasteiger partial charge in [-0.05, 0) is 36.8 Å². The molecule has 1 N–H and O–H groups in total. The van der Waals surface area contributed by atoms with E-state index in [0.29, 0.717) is 5.02 Å². The molecule has 0 spiro atoms. The number of carbonyl (C=O) groups excluding carboxylic acids is 1. The van der Waals surface area contributed by atoms with Crippen molar-refractivity contribution in [3.8, 4) is 5.75 Å². The minimum Gasteiger partial charge on any atom is -0.496 e. The number of benzene rings is 2. The van der Waals surface area contributed by atoms with Gasteiger partial charge in [0.15, 0.2) is 0 Å². The summed E-state index contributed by atoms with van der Waals surface area (Å²) in [7, 11) is 1.60. The van der Waals surface area contributed by atoms with Crippen LogP contribution in [0.3, 0.4) is 0 Å². The number of aryl methyl sites for hydroxylation is 1. The molecule has 2 aromatic rings. The summed E-state index contributed by atoms with van der Waals surface area (Å²) in [5.74, 6) is 0.635. The second-order valence-electron chi connectivity index (χ2n) is 4.50. The average molecular weight is 290 g/mol. The first kappa shape index (κ1) is 14.4. The van der Waals surface area contributed by atoms with Gasteiger partial charge in [0.25, 0.3) is 0 Å². The molecule has 0 aliphatic rings. The highest BCUT2D eigenvalue weighted by Crippen LogP contribution is 2.21. The Morgan fingerprint density at radius 3 is 2.70 bits per heavy atom. The van der Waals surface area contributed by atoms with Crippen LogP contribution in [0.5, 0.6) is 5.75 Å². The van der Waals surface area contributed by atoms with Crippen LogP contribution in [0.4, 0.5) is 5.69 Å². The Morgan fingerprint density at radius 2 is 2.00 bits per heavy atom. The molecule has 0 aromatic heterocycles. The molecule has 0 saturated carbocycles. The summed E-state index contributed by atoms with van der Waals surface area (Å²) in [5.41, 5.74) is 2.57. The van der Waals surface area contributed by atoms with Crippen LogP contribution in [0, 0.1) is 6.92 Å². The van der Waals surface area contributed by atoms with Crippen molar-refractivity contribution in [2.24, 2.45) is 0 Å². The van der Waals surface area contributed by atoms with E-state index in [1.165, 1.54) is 0 Å². The first-order valence-corrected chi connectivity index (χ1v) is 6.66. The van der Waals surface area contributed by atoms with Crippen LogP contribution in [-0.2, 0) is 11.2 Å². The second-order valence-corrected chi connectivity index (χ2v) is 4.93. The molecular formula is C16H16ClNO2. The van der Waals surface area contributed by atoms with Gasteiger partial charge >= 0.3 is 0 Å². The van der Waals surface area contributed by atoms with Crippen molar-refractivity contribution in [1.29, 1.82) is 0 Å². The van der Waals surface area contributed by atoms with E-state index in [-0.39, 0.29) is 12.3 Å². The Labute approximate surface area is 123 Å². The number of ether oxygens (including phenoxy) is 1. The van der Waals surface area contributed by atoms with Gasteiger partial charge in [-0.1, -0.05) is 29.8 Å². The Hall–Kier alpha value is -2.00. The number of carbonyl (C=O) groups is 1. The van der Waals surface area contributed by atoms with Gasteiger partial charge in [-0.25, -0.2) is 0 Å². The van der Waals surface area contributed by atoms with Crippen LogP contribution < -0.4 is 10.1 Å². The minimum atomic E-state index is -0.0834. The summed E-state index contributed by atoms with van der Waals surface area (Å²) in [6, 6.07) is 12.9. The number of anilines is 1. The molecule has 0 aliphatic carbocycles. The quantitative estimate of drug-likeness (QED) is 0.929. The molecular weight excluding hydrogens is 274 g/mol. The van der Waals surface area contributed by atoms with E-state index < -0.39 is 0 Å². The minimum absolute atomic E-state index is 0.0834. The lowest BCUT2D eigenvalue weighted by atomic mass is 10.1. The van der Waals surface area contributed by atoms with E-state index in [1.54, 1.807) is 19.2 Å². The van der Waals surface area contributed by atoms with E-state index in [9.17, 15) is 4.79 Å². The Kier molecular flexibility index (Phi) is 4.64. The predicted molar refractivity (Wildman–Crippen MR) is 81.5 cm³/mol. The van der Waals surface area contributed by atoms with E-state index >= 15 is 0 Å². The Bertz CT molecular complexity index is 626. The molecule has 3 nitrogen and oxygen atoms in total. The summed E-state index contributed by atoms with van der Waals surface area (Å²) in [6.07, 6.45) is 0.270. The van der Waals surface area contributed by atoms with E-state index in [2.05, 4.69) is 5.32 Å². The Morgan fingerprint density at radius 1 is 1.25 bits per heavy atom. The van der Waals surface area contributed by atoms with E-state index in [4.69, 9.17) is 16.3 Å². The van der Waals surface area contributed by atoms with Gasteiger partial charge < -0.3 is 10.1 Å². The fraction of sp³-hybridized carbons (Fsp3) is 0.188. The third-order valence-electron chi connectivity index (χ3n) is 3.01. The molecule has 0 heterocycles. The van der Waals surface area contributed by atoms with Gasteiger partial charge in [0, 0.05) is 16.3 Å². The number of amides is 1. The maximum atomic E-state index is 12.1. The number of nitrogens with one attached hydrogen (secondary N) is 1. The lowest BCUT2D eigenvalue weighted by Crippen LogP contribution is -2.15. The third kappa shape index (κ3) is 3.52. The smallest absolute Gasteiger partial charge is 0.228 e. The molecule has 2 rings (SSSR count). The van der Waals surface area contributed by atoms with Crippen LogP contribution in [0.15, 0.2) is 42.5 Å². The van der Waals surface area contributed by atoms with Crippen molar-refractivity contribution >= 4 is 23.2 Å². The molecule has 1 amide bonds. The van der Waals surface area contributed by atoms with Gasteiger partial charge in [0.2, 0.25) is 5.91 Å². The summed E-state index contributed by atoms with van der Waals surface area (Å²) in [6.45, 7) is 1.91. The van der Waals surface area contributed by atoms with Gasteiger partial charge in [-0.3, -0.25) is 4.79 Å². The van der Waals surface area contributed by atoms with Crippen molar-refractivity contribution < 1.29 is 9.53 Å². The molecule has 0 aliphatic heterocycles. The van der Waals surface area contributed by atoms with Gasteiger partial charge in [0.1, 0.15) is 5.75 Å². The predicted octanol–water partition coefficient (Wildman–Crippen LogP) is 3.84. The topological polar surface area (TPSA) is 38.3 Å². The number of rotatable bonds is 4. The van der Waals surface area contributed by atoms with Gasteiger partial charge in [0.05, 0.1) is 13.5 Å². The van der Waals surface area contributed by atoms with Crippen LogP contribution in [0.1, 0.15) is 11.1 Å². The molecule has 4 heteroatoms. The van der Waals surface area contributed by atoms with Crippen molar-refractivity contribution in [3.05, 3.63) is 58.6 Å². The maximum absolute atomic E-state index is 12.1. The summed E-state index contributed by atoms with van der Waals surface area (Å²) >= 11 is 5.89. The summed E-state index contributed by atoms with van der Waals surface area (Å²) < 4.78 is 5.24. The SMILES string of the molecule is COc1ccccc1CC(=O)Nc1ccc(Cl)cc1C. The molecule has 2 aromatic carbocycles. The summed E-state index contributed by atoms with van der Waals surface area (Å²) in [5, 5.41) is 3.54. The number of para-hydroxylation sites is 1. The fourth-order valence-corrected chi connectivity index (χ4v) is 2.21. The van der Waals surface area contributed by atoms with Gasteiger partial charge in [-0.15, -0.1) is 0 Å². The highest BCUT2D eigenvalue weighted by Gasteiger charge is 2.09. The standard InChI is InChI=1S/C16H16ClNO2/c1-11-9-13(17)7-8-14(11)18-16(19)10-12-5-3-4-6-15(12)20-2/h3-9H,10H2,1-2H3,(H,18,19). The normalized spacial score (nSPS) is 10.2. The van der Waals surface area contributed by atoms with Crippen molar-refractivity contribution in [2.45, 2.75) is 13.3 Å². The van der Waals surface area contributed by atoms with E-state index in [1.807, 2.05) is 37.3 Å². The van der Waals surface area contributed by atoms with E-state index in [0.717, 1.165) is 22.6 Å². The molecule has 0 saturated heterocycles. The Balaban J connectivity index is 2.09. The van der Waals surface area contributed by atoms with Crippen LogP contribution in [0.25, 0.3) is 0 Å². The zero-order valence-corrected chi connectivity index (χ0v) is 12.2. The second kappa shape index (κ2) is 6.44.